The summed E-state index contributed by atoms with van der Waals surface area (Å²) in [5.41, 5.74) is -0.923. The highest BCUT2D eigenvalue weighted by Gasteiger charge is 2.34. The first kappa shape index (κ1) is 28.1. The fourth-order valence-corrected chi connectivity index (χ4v) is 3.06. The molecule has 10 heteroatoms. The zero-order valence-corrected chi connectivity index (χ0v) is 21.7. The highest BCUT2D eigenvalue weighted by molar-refractivity contribution is 7.85. The number of hydrogen-bond acceptors (Lipinski definition) is 6. The van der Waals surface area contributed by atoms with Gasteiger partial charge in [0.15, 0.2) is 0 Å². The van der Waals surface area contributed by atoms with Crippen LogP contribution in [-0.4, -0.2) is 80.8 Å². The van der Waals surface area contributed by atoms with E-state index in [9.17, 15) is 18.6 Å². The van der Waals surface area contributed by atoms with E-state index in [0.717, 1.165) is 6.29 Å². The zero-order valence-electron chi connectivity index (χ0n) is 20.8. The molecule has 0 aromatic rings. The van der Waals surface area contributed by atoms with Crippen molar-refractivity contribution in [2.45, 2.75) is 78.3 Å². The van der Waals surface area contributed by atoms with Crippen LogP contribution in [0.5, 0.6) is 0 Å². The summed E-state index contributed by atoms with van der Waals surface area (Å²) in [6.07, 6.45) is 1.95. The molecule has 0 N–H and O–H groups in total. The Kier molecular flexibility index (Phi) is 9.44. The van der Waals surface area contributed by atoms with Gasteiger partial charge in [-0.15, -0.1) is 0 Å². The van der Waals surface area contributed by atoms with E-state index in [2.05, 4.69) is 4.40 Å². The van der Waals surface area contributed by atoms with Gasteiger partial charge >= 0.3 is 12.2 Å². The molecule has 1 unspecified atom stereocenters. The van der Waals surface area contributed by atoms with Crippen molar-refractivity contribution in [3.05, 3.63) is 0 Å². The van der Waals surface area contributed by atoms with Crippen LogP contribution in [-0.2, 0) is 25.3 Å². The molecule has 2 rings (SSSR count). The van der Waals surface area contributed by atoms with Gasteiger partial charge in [-0.25, -0.2) is 13.8 Å². The Morgan fingerprint density at radius 3 is 1.50 bits per heavy atom. The van der Waals surface area contributed by atoms with Crippen LogP contribution in [0.4, 0.5) is 9.59 Å². The van der Waals surface area contributed by atoms with Crippen molar-refractivity contribution in [1.29, 1.82) is 0 Å². The van der Waals surface area contributed by atoms with Crippen LogP contribution in [0.15, 0.2) is 4.40 Å². The van der Waals surface area contributed by atoms with Crippen LogP contribution in [0, 0.1) is 11.8 Å². The molecule has 0 aromatic carbocycles. The molecule has 2 aliphatic rings. The Labute approximate surface area is 194 Å². The summed E-state index contributed by atoms with van der Waals surface area (Å²) in [6.45, 7) is 18.8. The molecule has 0 aromatic heterocycles. The summed E-state index contributed by atoms with van der Waals surface area (Å²) in [4.78, 5) is 36.4. The van der Waals surface area contributed by atoms with E-state index in [0.29, 0.717) is 26.2 Å². The number of nitrogens with zero attached hydrogens (tertiary/aromatic N) is 3. The van der Waals surface area contributed by atoms with Gasteiger partial charge in [0.1, 0.15) is 28.5 Å². The summed E-state index contributed by atoms with van der Waals surface area (Å²) in [6, 6.07) is 0. The Balaban J connectivity index is 0.000000343. The molecule has 2 heterocycles. The summed E-state index contributed by atoms with van der Waals surface area (Å²) >= 11 is 0. The molecule has 0 saturated carbocycles. The minimum atomic E-state index is -1.23. The second kappa shape index (κ2) is 10.8. The fraction of sp³-hybridized carbons (Fsp3) is 0.818. The first-order valence-electron chi connectivity index (χ1n) is 10.8. The minimum Gasteiger partial charge on any atom is -0.444 e. The molecule has 9 nitrogen and oxygen atoms in total. The van der Waals surface area contributed by atoms with Crippen LogP contribution in [0.2, 0.25) is 0 Å². The van der Waals surface area contributed by atoms with E-state index in [1.165, 1.54) is 4.90 Å². The molecular weight excluding hydrogens is 434 g/mol. The summed E-state index contributed by atoms with van der Waals surface area (Å²) in [7, 11) is -1.23. The topological polar surface area (TPSA) is 106 Å². The predicted octanol–water partition coefficient (Wildman–Crippen LogP) is 3.44. The van der Waals surface area contributed by atoms with Crippen molar-refractivity contribution >= 4 is 35.7 Å². The number of likely N-dealkylation sites (tertiary alicyclic amines) is 2. The number of amides is 2. The summed E-state index contributed by atoms with van der Waals surface area (Å²) < 4.78 is 25.8. The average molecular weight is 474 g/mol. The quantitative estimate of drug-likeness (QED) is 0.459. The van der Waals surface area contributed by atoms with E-state index in [1.54, 1.807) is 11.1 Å². The lowest BCUT2D eigenvalue weighted by molar-refractivity contribution is -0.115. The third-order valence-corrected chi connectivity index (χ3v) is 5.57. The standard InChI is InChI=1S/C13H24N2O3S.C9H15NO3/c1-12(2,3)18-11(16)15-8-10(9-15)7-14-19(17)13(4,5)6;1-9(2,3)13-8(12)10-4-7(5-10)6-11/h7,10H,8-9H2,1-6H3;6-7H,4-5H2,1-3H3. The second-order valence-corrected chi connectivity index (χ2v) is 13.0. The van der Waals surface area contributed by atoms with Gasteiger partial charge in [0.2, 0.25) is 0 Å². The van der Waals surface area contributed by atoms with Gasteiger partial charge in [-0.05, 0) is 62.3 Å². The smallest absolute Gasteiger partial charge is 0.410 e. The van der Waals surface area contributed by atoms with Gasteiger partial charge in [0, 0.05) is 38.3 Å². The highest BCUT2D eigenvalue weighted by atomic mass is 32.2. The maximum atomic E-state index is 11.7. The molecule has 0 aliphatic carbocycles. The minimum absolute atomic E-state index is 0.00696. The van der Waals surface area contributed by atoms with Crippen LogP contribution < -0.4 is 0 Å². The van der Waals surface area contributed by atoms with E-state index >= 15 is 0 Å². The molecule has 2 fully saturated rings. The number of rotatable bonds is 3. The maximum absolute atomic E-state index is 11.7. The monoisotopic (exact) mass is 473 g/mol. The van der Waals surface area contributed by atoms with E-state index in [-0.39, 0.29) is 28.8 Å². The predicted molar refractivity (Wildman–Crippen MR) is 125 cm³/mol. The molecule has 0 radical (unpaired) electrons. The lowest BCUT2D eigenvalue weighted by Crippen LogP contribution is -2.52. The van der Waals surface area contributed by atoms with Crippen LogP contribution in [0.25, 0.3) is 0 Å². The molecule has 0 spiro atoms. The third kappa shape index (κ3) is 10.1. The van der Waals surface area contributed by atoms with E-state index in [4.69, 9.17) is 9.47 Å². The first-order chi connectivity index (χ1) is 14.4. The number of carbonyl (C=O) groups excluding carboxylic acids is 3. The number of hydrogen-bond donors (Lipinski definition) is 0. The van der Waals surface area contributed by atoms with Crippen molar-refractivity contribution in [3.8, 4) is 0 Å². The van der Waals surface area contributed by atoms with Crippen molar-refractivity contribution in [2.24, 2.45) is 16.2 Å². The van der Waals surface area contributed by atoms with Gasteiger partial charge in [-0.1, -0.05) is 0 Å². The maximum Gasteiger partial charge on any atom is 0.410 e. The Morgan fingerprint density at radius 1 is 0.812 bits per heavy atom. The first-order valence-corrected chi connectivity index (χ1v) is 11.9. The zero-order chi connectivity index (χ0) is 24.9. The molecule has 2 amide bonds. The normalized spacial score (nSPS) is 18.8. The Hall–Kier alpha value is -1.97. The molecule has 184 valence electrons. The van der Waals surface area contributed by atoms with Crippen LogP contribution in [0.1, 0.15) is 62.3 Å². The highest BCUT2D eigenvalue weighted by Crippen LogP contribution is 2.20. The second-order valence-electron chi connectivity index (χ2n) is 11.0. The molecule has 0 bridgehead atoms. The summed E-state index contributed by atoms with van der Waals surface area (Å²) in [5, 5.41) is 0. The van der Waals surface area contributed by atoms with Gasteiger partial charge in [-0.3, -0.25) is 0 Å². The molecule has 2 aliphatic heterocycles. The van der Waals surface area contributed by atoms with Crippen LogP contribution >= 0.6 is 0 Å². The van der Waals surface area contributed by atoms with E-state index in [1.807, 2.05) is 62.3 Å². The van der Waals surface area contributed by atoms with Gasteiger partial charge in [-0.2, -0.15) is 4.40 Å². The number of aldehydes is 1. The van der Waals surface area contributed by atoms with Crippen molar-refractivity contribution in [2.75, 3.05) is 26.2 Å². The molecule has 2 saturated heterocycles. The number of carbonyl (C=O) groups is 3. The van der Waals surface area contributed by atoms with Crippen molar-refractivity contribution in [3.63, 3.8) is 0 Å². The van der Waals surface area contributed by atoms with Gasteiger partial charge in [0.05, 0.1) is 10.7 Å². The Bertz CT molecular complexity index is 721. The van der Waals surface area contributed by atoms with Gasteiger partial charge < -0.3 is 24.1 Å². The lowest BCUT2D eigenvalue weighted by Gasteiger charge is -2.37. The molecular formula is C22H39N3O6S. The van der Waals surface area contributed by atoms with E-state index < -0.39 is 22.2 Å². The Morgan fingerprint density at radius 2 is 1.19 bits per heavy atom. The van der Waals surface area contributed by atoms with Crippen molar-refractivity contribution in [1.82, 2.24) is 9.80 Å². The molecule has 32 heavy (non-hydrogen) atoms. The van der Waals surface area contributed by atoms with Gasteiger partial charge in [0.25, 0.3) is 0 Å². The van der Waals surface area contributed by atoms with Crippen molar-refractivity contribution < 1.29 is 28.1 Å². The van der Waals surface area contributed by atoms with Crippen LogP contribution in [0.3, 0.4) is 0 Å². The molecule has 1 atom stereocenters. The number of ether oxygens (including phenoxy) is 2. The SMILES string of the molecule is CC(C)(C)OC(=O)N1CC(C=NS(=O)C(C)(C)C)C1.CC(C)(C)OC(=O)N1CC(C=O)C1. The fourth-order valence-electron chi connectivity index (χ4n) is 2.46. The summed E-state index contributed by atoms with van der Waals surface area (Å²) in [5.74, 6) is 0.186. The third-order valence-electron chi connectivity index (χ3n) is 4.21. The lowest BCUT2D eigenvalue weighted by atomic mass is 10.0. The largest absolute Gasteiger partial charge is 0.444 e. The average Bonchev–Trinajstić information content (AvgIpc) is 2.48.